The number of rotatable bonds is 26. The summed E-state index contributed by atoms with van der Waals surface area (Å²) in [6.45, 7) is 16.0. The molecule has 38 heteroatoms. The fraction of sp³-hybridized carbons (Fsp3) is 0.520. The molecule has 0 aromatic heterocycles. The number of esters is 1. The number of benzene rings is 6. The third-order valence-electron chi connectivity index (χ3n) is 25.8. The number of nitrogens with zero attached hydrogens (tertiary/aromatic N) is 2. The number of carbonyl (C=O) groups excluding carboxylic acids is 11. The highest BCUT2D eigenvalue weighted by molar-refractivity contribution is 6.32. The van der Waals surface area contributed by atoms with Crippen molar-refractivity contribution in [2.75, 3.05) is 66.0 Å². The van der Waals surface area contributed by atoms with Gasteiger partial charge < -0.3 is 110 Å². The van der Waals surface area contributed by atoms with Crippen molar-refractivity contribution in [2.24, 2.45) is 41.4 Å². The zero-order valence-electron chi connectivity index (χ0n) is 77.5. The van der Waals surface area contributed by atoms with Gasteiger partial charge in [0.15, 0.2) is 28.8 Å². The van der Waals surface area contributed by atoms with Gasteiger partial charge in [0.2, 0.25) is 41.6 Å². The lowest BCUT2D eigenvalue weighted by Gasteiger charge is -2.54. The summed E-state index contributed by atoms with van der Waals surface area (Å²) in [5.74, 6) is -17.5. The molecule has 10 aliphatic rings. The maximum atomic E-state index is 16.9. The van der Waals surface area contributed by atoms with Crippen molar-refractivity contribution in [3.8, 4) is 62.9 Å². The van der Waals surface area contributed by atoms with E-state index in [4.69, 9.17) is 65.8 Å². The van der Waals surface area contributed by atoms with Crippen LogP contribution in [0.25, 0.3) is 11.1 Å². The number of likely N-dealkylation sites (N-methyl/N-ethyl adjacent to an activating group) is 1. The Bertz CT molecular complexity index is 5420. The zero-order valence-corrected chi connectivity index (χ0v) is 79.0. The number of phenolic OH excluding ortho intramolecular Hbond substituents is 3. The summed E-state index contributed by atoms with van der Waals surface area (Å²) in [6, 6.07) is 9.72. The second kappa shape index (κ2) is 43.6. The van der Waals surface area contributed by atoms with Crippen LogP contribution in [-0.4, -0.2) is 236 Å². The van der Waals surface area contributed by atoms with Crippen LogP contribution >= 0.6 is 23.2 Å². The number of phenols is 3. The van der Waals surface area contributed by atoms with Gasteiger partial charge in [0.1, 0.15) is 113 Å². The van der Waals surface area contributed by atoms with Crippen molar-refractivity contribution < 1.29 is 136 Å². The molecule has 6 aromatic rings. The van der Waals surface area contributed by atoms with Gasteiger partial charge in [-0.25, -0.2) is 9.59 Å². The first-order valence-corrected chi connectivity index (χ1v) is 46.4. The molecule has 14 N–H and O–H groups in total. The van der Waals surface area contributed by atoms with E-state index in [0.717, 1.165) is 79.5 Å². The molecule has 0 spiro atoms. The van der Waals surface area contributed by atoms with E-state index in [0.29, 0.717) is 50.4 Å². The minimum atomic E-state index is -2.32. The van der Waals surface area contributed by atoms with E-state index in [1.54, 1.807) is 81.7 Å². The van der Waals surface area contributed by atoms with E-state index >= 15 is 33.6 Å². The van der Waals surface area contributed by atoms with E-state index < -0.39 is 237 Å². The summed E-state index contributed by atoms with van der Waals surface area (Å²) in [4.78, 5) is 172. The fourth-order valence-electron chi connectivity index (χ4n) is 19.3. The Morgan fingerprint density at radius 1 is 0.610 bits per heavy atom. The number of anilines is 1. The lowest BCUT2D eigenvalue weighted by Crippen LogP contribution is -2.59. The number of Topliss-reactive ketones (excluding diaryl/α,β-unsaturated/α-hetero) is 3. The summed E-state index contributed by atoms with van der Waals surface area (Å²) in [5, 5.41) is 112. The van der Waals surface area contributed by atoms with E-state index in [1.807, 2.05) is 0 Å². The number of halogens is 2. The number of ketones is 3. The first-order valence-electron chi connectivity index (χ1n) is 45.6. The van der Waals surface area contributed by atoms with Crippen LogP contribution in [0, 0.1) is 41.4 Å². The number of amides is 8. The summed E-state index contributed by atoms with van der Waals surface area (Å²) >= 11 is 14.6. The first-order chi connectivity index (χ1) is 64.4. The van der Waals surface area contributed by atoms with Gasteiger partial charge in [0.05, 0.1) is 41.2 Å². The molecule has 0 radical (unpaired) electrons. The smallest absolute Gasteiger partial charge is 0.410 e. The highest BCUT2D eigenvalue weighted by atomic mass is 35.5. The van der Waals surface area contributed by atoms with Crippen LogP contribution in [0.4, 0.5) is 15.3 Å². The Kier molecular flexibility index (Phi) is 32.7. The molecule has 1 saturated heterocycles. The SMILES string of the molecule is COCCN(CCOC)CCOc1ccc(NC(=O)NC(=O)C[C@@H]2CC(=O)[C@H](NC(=O)[C@@H](CC(C)C)N(C)C(=O)OC(C)(C)C)[C@H](O)c3ccc(c(Cl)c3)Oc3cc4cc(c3O[C@@H]3O[C@H](CCC(=O)OC(C)(C)C)[C@@H](O)[C@H](O)[C@H]3O)Oc3ccc(cc3Cl)[C@@H](O)[C@@H]3NC(=O)[C@H](CC(=O)C4NC2=O)c2ccc(O)c(c2)-c2c(O)cc(O)cc2[C@@H](C(=O)CC2C4CC5CC(C4)CC2C5)NC3=O)cc1. The highest BCUT2D eigenvalue weighted by Gasteiger charge is 2.52. The molecule has 4 saturated carbocycles. The minimum absolute atomic E-state index is 0.0799. The van der Waals surface area contributed by atoms with Crippen LogP contribution in [0.2, 0.25) is 10.0 Å². The number of ether oxygens (including phenoxy) is 9. The molecule has 6 aliphatic heterocycles. The molecule has 15 bridgehead atoms. The second-order valence-corrected chi connectivity index (χ2v) is 39.5. The van der Waals surface area contributed by atoms with E-state index in [9.17, 15) is 60.0 Å². The van der Waals surface area contributed by atoms with Crippen molar-refractivity contribution in [2.45, 2.75) is 223 Å². The van der Waals surface area contributed by atoms with Gasteiger partial charge in [-0.3, -0.25) is 58.3 Å². The van der Waals surface area contributed by atoms with Crippen LogP contribution in [0.5, 0.6) is 51.7 Å². The summed E-state index contributed by atoms with van der Waals surface area (Å²) in [6.07, 6.45) is -15.1. The van der Waals surface area contributed by atoms with E-state index in [1.165, 1.54) is 55.6 Å². The Morgan fingerprint density at radius 3 is 1.81 bits per heavy atom. The highest BCUT2D eigenvalue weighted by Crippen LogP contribution is 2.59. The molecular weight excluding hydrogens is 1810 g/mol. The largest absolute Gasteiger partial charge is 0.508 e. The number of nitrogens with one attached hydrogen (secondary N) is 6. The number of hydrogen-bond acceptors (Lipinski definition) is 29. The standard InChI is InChI=1S/C98H120Cl2N8O28/c1-47(2)30-66(107(9)96(127)136-98(6,7)8)92(124)105-82-69(112)39-56(42-77(115)102-95(126)101-57-15-17-59(18-16-57)130-29-26-108(24-27-128-10)25-28-129-11)90(122)103-80-55-40-75(131-72-20-13-51(84(82)117)37-64(72)99)89(134-94-88(121)87(120)86(119)74(133-94)22-23-78(116)135-97(3,4)5)76(41-55)132-73-21-14-52(38-65(73)100)85(118)83-93(125)104-81(71(114)45-60-53-32-48-31-49(34-53)35-54(60)33-48)63-43-58(109)44-68(111)79(63)62-36-50(12-19-67(62)110)61(46-70(80)113)91(123)106-83/h12-21,36-38,40-41,43-44,47-49,53-54,56,60-61,66,74,80-88,94,109-111,117-121H,22-35,39,42,45-46H2,1-11H3,(H,103,122)(H,104,125)(H,105,124)(H,106,123)(H2,101,102,115,126)/t48?,49?,53?,54?,56-,60?,61+,66+,74+,80?,81-,82-,83-,84+,85+,86+,87-,88+,94-/m0/s1. The van der Waals surface area contributed by atoms with Gasteiger partial charge in [-0.15, -0.1) is 0 Å². The Balaban J connectivity index is 0.971. The number of methoxy groups -OCH3 is 2. The van der Waals surface area contributed by atoms with Crippen molar-refractivity contribution in [3.05, 3.63) is 141 Å². The Morgan fingerprint density at radius 2 is 1.21 bits per heavy atom. The summed E-state index contributed by atoms with van der Waals surface area (Å²) in [5.41, 5.74) is -3.88. The molecule has 136 heavy (non-hydrogen) atoms. The maximum Gasteiger partial charge on any atom is 0.410 e. The monoisotopic (exact) mass is 1930 g/mol. The molecule has 5 fully saturated rings. The lowest BCUT2D eigenvalue weighted by atomic mass is 9.51. The van der Waals surface area contributed by atoms with Crippen LogP contribution in [0.1, 0.15) is 190 Å². The van der Waals surface area contributed by atoms with Crippen molar-refractivity contribution in [1.29, 1.82) is 0 Å². The van der Waals surface area contributed by atoms with E-state index in [-0.39, 0.29) is 100 Å². The van der Waals surface area contributed by atoms with Gasteiger partial charge in [-0.2, -0.15) is 0 Å². The molecule has 16 rings (SSSR count). The van der Waals surface area contributed by atoms with Crippen molar-refractivity contribution in [3.63, 3.8) is 0 Å². The van der Waals surface area contributed by atoms with E-state index in [2.05, 4.69) is 36.8 Å². The van der Waals surface area contributed by atoms with Crippen molar-refractivity contribution in [1.82, 2.24) is 36.4 Å². The van der Waals surface area contributed by atoms with Crippen LogP contribution in [-0.2, 0) is 66.8 Å². The number of carbonyl (C=O) groups is 11. The average Bonchev–Trinajstić information content (AvgIpc) is 0.757. The molecule has 6 aromatic carbocycles. The number of imide groups is 1. The van der Waals surface area contributed by atoms with Crippen LogP contribution < -0.4 is 50.8 Å². The normalized spacial score (nSPS) is 25.7. The van der Waals surface area contributed by atoms with Crippen LogP contribution in [0.3, 0.4) is 0 Å². The molecule has 4 aliphatic carbocycles. The Hall–Kier alpha value is -11.3. The lowest BCUT2D eigenvalue weighted by molar-refractivity contribution is -0.273. The minimum Gasteiger partial charge on any atom is -0.508 e. The Labute approximate surface area is 796 Å². The summed E-state index contributed by atoms with van der Waals surface area (Å²) < 4.78 is 54.1. The number of aromatic hydroxyl groups is 3. The number of aliphatic hydroxyl groups excluding tert-OH is 5. The molecule has 8 amide bonds. The van der Waals surface area contributed by atoms with Crippen LogP contribution in [0.15, 0.2) is 103 Å². The number of urea groups is 1. The molecule has 36 nitrogen and oxygen atoms in total. The predicted octanol–water partition coefficient (Wildman–Crippen LogP) is 10.4. The van der Waals surface area contributed by atoms with Gasteiger partial charge in [0, 0.05) is 95.9 Å². The third kappa shape index (κ3) is 24.8. The van der Waals surface area contributed by atoms with Crippen molar-refractivity contribution >= 4 is 93.9 Å². The number of fused-ring (bicyclic) bond motifs is 15. The predicted molar refractivity (Wildman–Crippen MR) is 491 cm³/mol. The number of hydrogen-bond donors (Lipinski definition) is 14. The molecule has 1 unspecified atom stereocenters. The number of aliphatic hydroxyl groups is 5. The molecular formula is C98H120Cl2N8O28. The topological polar surface area (TPSA) is 511 Å². The summed E-state index contributed by atoms with van der Waals surface area (Å²) in [7, 11) is 4.46. The molecule has 734 valence electrons. The third-order valence-corrected chi connectivity index (χ3v) is 26.4. The van der Waals surface area contributed by atoms with Gasteiger partial charge in [0.25, 0.3) is 0 Å². The maximum absolute atomic E-state index is 16.9. The quantitative estimate of drug-likeness (QED) is 0.0224. The van der Waals surface area contributed by atoms with Gasteiger partial charge in [-0.1, -0.05) is 55.2 Å². The first kappa shape index (κ1) is 102. The molecule has 6 heterocycles. The fourth-order valence-corrected chi connectivity index (χ4v) is 19.8. The second-order valence-electron chi connectivity index (χ2n) is 38.6. The average molecular weight is 1930 g/mol. The van der Waals surface area contributed by atoms with Gasteiger partial charge in [-0.05, 0) is 229 Å². The van der Waals surface area contributed by atoms with Gasteiger partial charge >= 0.3 is 18.1 Å². The zero-order chi connectivity index (χ0) is 98.4. The molecule has 14 atom stereocenters.